The molecule has 174 valence electrons. The van der Waals surface area contributed by atoms with Crippen LogP contribution in [0.1, 0.15) is 28.4 Å². The number of hydrogen-bond acceptors (Lipinski definition) is 3. The van der Waals surface area contributed by atoms with Crippen molar-refractivity contribution in [2.75, 3.05) is 19.4 Å². The van der Waals surface area contributed by atoms with Crippen LogP contribution in [-0.2, 0) is 17.0 Å². The first-order valence-electron chi connectivity index (χ1n) is 11.1. The number of carbonyl (C=O) groups excluding carboxylic acids is 1. The monoisotopic (exact) mass is 478 g/mol. The van der Waals surface area contributed by atoms with Gasteiger partial charge in [-0.2, -0.15) is 0 Å². The standard InChI is InChI=1S/C27H24F2N2O2S/c1-33-21-10-11-24-23(14-21)22-12-13-31(25(32)16-34-15-17-2-6-19(28)7-3-17)27(26(22)30-24)18-4-8-20(29)9-5-18/h2-11,14,27,30H,12-13,15-16H2,1H3. The summed E-state index contributed by atoms with van der Waals surface area (Å²) in [6.07, 6.45) is 0.717. The van der Waals surface area contributed by atoms with Gasteiger partial charge in [-0.3, -0.25) is 4.79 Å². The van der Waals surface area contributed by atoms with Crippen molar-refractivity contribution in [3.05, 3.63) is 101 Å². The highest BCUT2D eigenvalue weighted by Crippen LogP contribution is 2.39. The van der Waals surface area contributed by atoms with Crippen molar-refractivity contribution in [2.24, 2.45) is 0 Å². The Labute approximate surface area is 200 Å². The first-order valence-corrected chi connectivity index (χ1v) is 12.2. The van der Waals surface area contributed by atoms with Crippen molar-refractivity contribution >= 4 is 28.6 Å². The average Bonchev–Trinajstić information content (AvgIpc) is 3.23. The fourth-order valence-electron chi connectivity index (χ4n) is 4.57. The molecule has 0 saturated heterocycles. The summed E-state index contributed by atoms with van der Waals surface area (Å²) in [6.45, 7) is 0.565. The molecule has 7 heteroatoms. The van der Waals surface area contributed by atoms with Crippen LogP contribution in [0.3, 0.4) is 0 Å². The molecule has 1 aliphatic rings. The lowest BCUT2D eigenvalue weighted by atomic mass is 9.92. The Hall–Kier alpha value is -3.32. The van der Waals surface area contributed by atoms with Crippen molar-refractivity contribution in [1.29, 1.82) is 0 Å². The van der Waals surface area contributed by atoms with E-state index in [-0.39, 0.29) is 23.6 Å². The van der Waals surface area contributed by atoms with Crippen LogP contribution in [0.15, 0.2) is 66.7 Å². The third-order valence-electron chi connectivity index (χ3n) is 6.25. The number of amides is 1. The predicted octanol–water partition coefficient (Wildman–Crippen LogP) is 5.86. The van der Waals surface area contributed by atoms with Gasteiger partial charge < -0.3 is 14.6 Å². The lowest BCUT2D eigenvalue weighted by Crippen LogP contribution is -2.41. The Morgan fingerprint density at radius 1 is 1.06 bits per heavy atom. The molecule has 0 aliphatic carbocycles. The second-order valence-corrected chi connectivity index (χ2v) is 9.32. The summed E-state index contributed by atoms with van der Waals surface area (Å²) in [5, 5.41) is 1.08. The number of fused-ring (bicyclic) bond motifs is 3. The van der Waals surface area contributed by atoms with Crippen LogP contribution in [-0.4, -0.2) is 35.2 Å². The third-order valence-corrected chi connectivity index (χ3v) is 7.24. The Morgan fingerprint density at radius 3 is 2.47 bits per heavy atom. The largest absolute Gasteiger partial charge is 0.497 e. The predicted molar refractivity (Wildman–Crippen MR) is 131 cm³/mol. The first-order chi connectivity index (χ1) is 16.5. The zero-order valence-corrected chi connectivity index (χ0v) is 19.5. The molecule has 0 fully saturated rings. The number of thioether (sulfide) groups is 1. The summed E-state index contributed by atoms with van der Waals surface area (Å²) < 4.78 is 32.2. The van der Waals surface area contributed by atoms with Crippen molar-refractivity contribution < 1.29 is 18.3 Å². The number of aromatic amines is 1. The van der Waals surface area contributed by atoms with Crippen molar-refractivity contribution in [2.45, 2.75) is 18.2 Å². The maximum atomic E-state index is 13.7. The molecule has 1 aromatic heterocycles. The number of rotatable bonds is 6. The van der Waals surface area contributed by atoms with Gasteiger partial charge in [-0.1, -0.05) is 24.3 Å². The van der Waals surface area contributed by atoms with E-state index in [1.165, 1.54) is 36.0 Å². The Kier molecular flexibility index (Phi) is 6.28. The molecule has 1 atom stereocenters. The second-order valence-electron chi connectivity index (χ2n) is 8.34. The normalized spacial score (nSPS) is 15.4. The van der Waals surface area contributed by atoms with Gasteiger partial charge in [0.15, 0.2) is 0 Å². The Morgan fingerprint density at radius 2 is 1.76 bits per heavy atom. The number of carbonyl (C=O) groups is 1. The minimum atomic E-state index is -0.332. The van der Waals surface area contributed by atoms with Gasteiger partial charge in [-0.05, 0) is 65.6 Å². The van der Waals surface area contributed by atoms with Crippen molar-refractivity contribution in [1.82, 2.24) is 9.88 Å². The van der Waals surface area contributed by atoms with Crippen LogP contribution >= 0.6 is 11.8 Å². The summed E-state index contributed by atoms with van der Waals surface area (Å²) in [5.74, 6) is 1.14. The highest BCUT2D eigenvalue weighted by Gasteiger charge is 2.34. The van der Waals surface area contributed by atoms with E-state index in [1.54, 1.807) is 31.4 Å². The SMILES string of the molecule is COc1ccc2[nH]c3c(c2c1)CCN(C(=O)CSCc1ccc(F)cc1)C3c1ccc(F)cc1. The maximum Gasteiger partial charge on any atom is 0.233 e. The van der Waals surface area contributed by atoms with E-state index < -0.39 is 0 Å². The molecule has 0 radical (unpaired) electrons. The van der Waals surface area contributed by atoms with Crippen LogP contribution < -0.4 is 4.74 Å². The Bertz CT molecular complexity index is 1320. The number of ether oxygens (including phenoxy) is 1. The average molecular weight is 479 g/mol. The van der Waals surface area contributed by atoms with E-state index in [1.807, 2.05) is 23.1 Å². The number of nitrogens with zero attached hydrogens (tertiary/aromatic N) is 1. The quantitative estimate of drug-likeness (QED) is 0.377. The fourth-order valence-corrected chi connectivity index (χ4v) is 5.45. The number of halogens is 2. The van der Waals surface area contributed by atoms with Gasteiger partial charge in [-0.25, -0.2) is 8.78 Å². The summed E-state index contributed by atoms with van der Waals surface area (Å²) >= 11 is 1.50. The van der Waals surface area contributed by atoms with Crippen molar-refractivity contribution in [3.8, 4) is 5.75 Å². The molecule has 4 aromatic rings. The smallest absolute Gasteiger partial charge is 0.233 e. The van der Waals surface area contributed by atoms with E-state index in [0.29, 0.717) is 24.5 Å². The maximum absolute atomic E-state index is 13.7. The zero-order chi connectivity index (χ0) is 23.7. The topological polar surface area (TPSA) is 45.3 Å². The van der Waals surface area contributed by atoms with Crippen LogP contribution in [0.5, 0.6) is 5.75 Å². The Balaban J connectivity index is 1.44. The van der Waals surface area contributed by atoms with Crippen LogP contribution in [0.4, 0.5) is 8.78 Å². The molecule has 1 unspecified atom stereocenters. The molecular formula is C27H24F2N2O2S. The highest BCUT2D eigenvalue weighted by atomic mass is 32.2. The van der Waals surface area contributed by atoms with E-state index in [2.05, 4.69) is 4.98 Å². The minimum Gasteiger partial charge on any atom is -0.497 e. The zero-order valence-electron chi connectivity index (χ0n) is 18.7. The molecule has 2 heterocycles. The minimum absolute atomic E-state index is 0.0170. The lowest BCUT2D eigenvalue weighted by molar-refractivity contribution is -0.130. The molecular weight excluding hydrogens is 454 g/mol. The number of benzene rings is 3. The number of H-pyrrole nitrogens is 1. The van der Waals surface area contributed by atoms with Gasteiger partial charge in [-0.15, -0.1) is 11.8 Å². The molecule has 5 rings (SSSR count). The molecule has 0 bridgehead atoms. The molecule has 0 saturated carbocycles. The van der Waals surface area contributed by atoms with Crippen LogP contribution in [0.25, 0.3) is 10.9 Å². The number of nitrogens with one attached hydrogen (secondary N) is 1. The van der Waals surface area contributed by atoms with Crippen LogP contribution in [0, 0.1) is 11.6 Å². The van der Waals surface area contributed by atoms with Gasteiger partial charge >= 0.3 is 0 Å². The summed E-state index contributed by atoms with van der Waals surface area (Å²) in [4.78, 5) is 18.7. The van der Waals surface area contributed by atoms with Crippen LogP contribution in [0.2, 0.25) is 0 Å². The summed E-state index contributed by atoms with van der Waals surface area (Å²) in [6, 6.07) is 18.3. The van der Waals surface area contributed by atoms with Gasteiger partial charge in [0.05, 0.1) is 18.9 Å². The van der Waals surface area contributed by atoms with E-state index in [0.717, 1.165) is 39.0 Å². The van der Waals surface area contributed by atoms with Gasteiger partial charge in [0.25, 0.3) is 0 Å². The highest BCUT2D eigenvalue weighted by molar-refractivity contribution is 7.99. The third kappa shape index (κ3) is 4.40. The molecule has 1 aliphatic heterocycles. The molecule has 1 N–H and O–H groups in total. The van der Waals surface area contributed by atoms with E-state index in [4.69, 9.17) is 4.74 Å². The number of aromatic nitrogens is 1. The summed E-state index contributed by atoms with van der Waals surface area (Å²) in [7, 11) is 1.64. The fraction of sp³-hybridized carbons (Fsp3) is 0.222. The lowest BCUT2D eigenvalue weighted by Gasteiger charge is -2.36. The summed E-state index contributed by atoms with van der Waals surface area (Å²) in [5.41, 5.74) is 4.93. The molecule has 1 amide bonds. The number of methoxy groups -OCH3 is 1. The number of hydrogen-bond donors (Lipinski definition) is 1. The van der Waals surface area contributed by atoms with Gasteiger partial charge in [0, 0.05) is 28.9 Å². The molecule has 34 heavy (non-hydrogen) atoms. The molecule has 4 nitrogen and oxygen atoms in total. The van der Waals surface area contributed by atoms with Gasteiger partial charge in [0.1, 0.15) is 17.4 Å². The van der Waals surface area contributed by atoms with Gasteiger partial charge in [0.2, 0.25) is 5.91 Å². The van der Waals surface area contributed by atoms with E-state index >= 15 is 0 Å². The molecule has 0 spiro atoms. The van der Waals surface area contributed by atoms with E-state index in [9.17, 15) is 13.6 Å². The van der Waals surface area contributed by atoms with Crippen molar-refractivity contribution in [3.63, 3.8) is 0 Å². The second kappa shape index (κ2) is 9.50. The first kappa shape index (κ1) is 22.5. The molecule has 3 aromatic carbocycles.